The van der Waals surface area contributed by atoms with E-state index in [1.54, 1.807) is 13.2 Å². The van der Waals surface area contributed by atoms with Crippen LogP contribution in [0.4, 0.5) is 0 Å². The van der Waals surface area contributed by atoms with Gasteiger partial charge in [0.05, 0.1) is 19.8 Å². The molecule has 0 spiro atoms. The van der Waals surface area contributed by atoms with Gasteiger partial charge in [-0.05, 0) is 43.0 Å². The zero-order valence-electron chi connectivity index (χ0n) is 15.3. The lowest BCUT2D eigenvalue weighted by molar-refractivity contribution is -0.116. The van der Waals surface area contributed by atoms with E-state index >= 15 is 0 Å². The number of amides is 1. The molecule has 1 aromatic carbocycles. The number of nitrogens with one attached hydrogen (secondary N) is 1. The van der Waals surface area contributed by atoms with Crippen LogP contribution in [0.15, 0.2) is 24.3 Å². The summed E-state index contributed by atoms with van der Waals surface area (Å²) in [6.45, 7) is 4.21. The largest absolute Gasteiger partial charge is 0.493 e. The fourth-order valence-electron chi connectivity index (χ4n) is 2.69. The van der Waals surface area contributed by atoms with Gasteiger partial charge in [0.1, 0.15) is 0 Å². The summed E-state index contributed by atoms with van der Waals surface area (Å²) in [4.78, 5) is 11.9. The lowest BCUT2D eigenvalue weighted by Gasteiger charge is -2.11. The van der Waals surface area contributed by atoms with Crippen LogP contribution in [0.1, 0.15) is 44.6 Å². The van der Waals surface area contributed by atoms with Crippen molar-refractivity contribution < 1.29 is 19.0 Å². The quantitative estimate of drug-likeness (QED) is 0.519. The molecular weight excluding hydrogens is 318 g/mol. The summed E-state index contributed by atoms with van der Waals surface area (Å²) in [5.74, 6) is 1.30. The summed E-state index contributed by atoms with van der Waals surface area (Å²) in [7, 11) is 1.62. The van der Waals surface area contributed by atoms with Crippen LogP contribution >= 0.6 is 0 Å². The monoisotopic (exact) mass is 347 g/mol. The summed E-state index contributed by atoms with van der Waals surface area (Å²) in [5.41, 5.74) is 0.894. The SMILES string of the molecule is CCCCCOc1ccc(/C=C/C(=O)NCC2CCCO2)cc1OC. The first-order valence-electron chi connectivity index (χ1n) is 9.11. The predicted molar refractivity (Wildman–Crippen MR) is 99.0 cm³/mol. The second kappa shape index (κ2) is 10.8. The molecule has 1 aromatic rings. The Bertz CT molecular complexity index is 565. The van der Waals surface area contributed by atoms with E-state index < -0.39 is 0 Å². The minimum absolute atomic E-state index is 0.116. The molecule has 5 heteroatoms. The van der Waals surface area contributed by atoms with Gasteiger partial charge < -0.3 is 19.5 Å². The van der Waals surface area contributed by atoms with Crippen molar-refractivity contribution in [2.45, 2.75) is 45.1 Å². The Balaban J connectivity index is 1.84. The minimum Gasteiger partial charge on any atom is -0.493 e. The van der Waals surface area contributed by atoms with Crippen LogP contribution in [0, 0.1) is 0 Å². The van der Waals surface area contributed by atoms with Crippen molar-refractivity contribution in [1.82, 2.24) is 5.32 Å². The number of carbonyl (C=O) groups excluding carboxylic acids is 1. The fraction of sp³-hybridized carbons (Fsp3) is 0.550. The van der Waals surface area contributed by atoms with Crippen molar-refractivity contribution >= 4 is 12.0 Å². The minimum atomic E-state index is -0.116. The topological polar surface area (TPSA) is 56.8 Å². The summed E-state index contributed by atoms with van der Waals surface area (Å²) in [6.07, 6.45) is 8.90. The van der Waals surface area contributed by atoms with Gasteiger partial charge in [0.2, 0.25) is 5.91 Å². The summed E-state index contributed by atoms with van der Waals surface area (Å²) >= 11 is 0. The third kappa shape index (κ3) is 6.78. The maximum absolute atomic E-state index is 11.9. The molecule has 1 N–H and O–H groups in total. The molecular formula is C20H29NO4. The van der Waals surface area contributed by atoms with Gasteiger partial charge in [0.25, 0.3) is 0 Å². The molecule has 1 saturated heterocycles. The molecule has 25 heavy (non-hydrogen) atoms. The number of ether oxygens (including phenoxy) is 3. The van der Waals surface area contributed by atoms with Gasteiger partial charge in [0, 0.05) is 19.2 Å². The van der Waals surface area contributed by atoms with Gasteiger partial charge >= 0.3 is 0 Å². The molecule has 0 aromatic heterocycles. The highest BCUT2D eigenvalue weighted by atomic mass is 16.5. The number of rotatable bonds is 10. The molecule has 1 unspecified atom stereocenters. The Kier molecular flexibility index (Phi) is 8.32. The number of benzene rings is 1. The second-order valence-electron chi connectivity index (χ2n) is 6.18. The van der Waals surface area contributed by atoms with E-state index in [0.717, 1.165) is 43.6 Å². The average molecular weight is 347 g/mol. The summed E-state index contributed by atoms with van der Waals surface area (Å²) in [5, 5.41) is 2.87. The van der Waals surface area contributed by atoms with Gasteiger partial charge in [-0.2, -0.15) is 0 Å². The van der Waals surface area contributed by atoms with Crippen LogP contribution in [0.3, 0.4) is 0 Å². The normalized spacial score (nSPS) is 17.0. The van der Waals surface area contributed by atoms with Crippen molar-refractivity contribution in [2.24, 2.45) is 0 Å². The Morgan fingerprint density at radius 3 is 2.96 bits per heavy atom. The van der Waals surface area contributed by atoms with E-state index in [0.29, 0.717) is 18.9 Å². The number of methoxy groups -OCH3 is 1. The van der Waals surface area contributed by atoms with Crippen LogP contribution in [0.25, 0.3) is 6.08 Å². The highest BCUT2D eigenvalue weighted by molar-refractivity contribution is 5.91. The standard InChI is InChI=1S/C20H29NO4/c1-3-4-5-12-25-18-10-8-16(14-19(18)23-2)9-11-20(22)21-15-17-7-6-13-24-17/h8-11,14,17H,3-7,12-13,15H2,1-2H3,(H,21,22)/b11-9+. The smallest absolute Gasteiger partial charge is 0.244 e. The van der Waals surface area contributed by atoms with E-state index in [2.05, 4.69) is 12.2 Å². The maximum atomic E-state index is 11.9. The Morgan fingerprint density at radius 2 is 2.24 bits per heavy atom. The Morgan fingerprint density at radius 1 is 1.36 bits per heavy atom. The molecule has 0 aliphatic carbocycles. The van der Waals surface area contributed by atoms with Gasteiger partial charge in [-0.3, -0.25) is 4.79 Å². The van der Waals surface area contributed by atoms with Crippen molar-refractivity contribution in [3.63, 3.8) is 0 Å². The molecule has 0 bridgehead atoms. The summed E-state index contributed by atoms with van der Waals surface area (Å²) < 4.78 is 16.6. The summed E-state index contributed by atoms with van der Waals surface area (Å²) in [6, 6.07) is 5.68. The molecule has 2 rings (SSSR count). The predicted octanol–water partition coefficient (Wildman–Crippen LogP) is 3.57. The van der Waals surface area contributed by atoms with E-state index in [9.17, 15) is 4.79 Å². The molecule has 1 heterocycles. The van der Waals surface area contributed by atoms with Crippen LogP contribution in [-0.4, -0.2) is 38.9 Å². The number of hydrogen-bond donors (Lipinski definition) is 1. The van der Waals surface area contributed by atoms with Crippen molar-refractivity contribution in [1.29, 1.82) is 0 Å². The van der Waals surface area contributed by atoms with Crippen molar-refractivity contribution in [3.05, 3.63) is 29.8 Å². The Labute approximate surface area is 150 Å². The fourth-order valence-corrected chi connectivity index (χ4v) is 2.69. The first kappa shape index (κ1) is 19.3. The second-order valence-corrected chi connectivity index (χ2v) is 6.18. The molecule has 1 amide bonds. The average Bonchev–Trinajstić information content (AvgIpc) is 3.16. The van der Waals surface area contributed by atoms with Crippen LogP contribution in [0.5, 0.6) is 11.5 Å². The van der Waals surface area contributed by atoms with Gasteiger partial charge in [0.15, 0.2) is 11.5 Å². The van der Waals surface area contributed by atoms with Gasteiger partial charge in [-0.1, -0.05) is 25.8 Å². The lowest BCUT2D eigenvalue weighted by Crippen LogP contribution is -2.30. The molecule has 138 valence electrons. The molecule has 0 saturated carbocycles. The van der Waals surface area contributed by atoms with Gasteiger partial charge in [-0.25, -0.2) is 0 Å². The number of unbranched alkanes of at least 4 members (excludes halogenated alkanes) is 2. The number of carbonyl (C=O) groups is 1. The van der Waals surface area contributed by atoms with Crippen LogP contribution in [0.2, 0.25) is 0 Å². The van der Waals surface area contributed by atoms with E-state index in [1.165, 1.54) is 12.5 Å². The van der Waals surface area contributed by atoms with E-state index in [1.807, 2.05) is 18.2 Å². The van der Waals surface area contributed by atoms with Crippen LogP contribution < -0.4 is 14.8 Å². The van der Waals surface area contributed by atoms with E-state index in [-0.39, 0.29) is 12.0 Å². The highest BCUT2D eigenvalue weighted by Crippen LogP contribution is 2.28. The van der Waals surface area contributed by atoms with Crippen molar-refractivity contribution in [2.75, 3.05) is 26.9 Å². The lowest BCUT2D eigenvalue weighted by atomic mass is 10.2. The Hall–Kier alpha value is -2.01. The molecule has 1 atom stereocenters. The zero-order chi connectivity index (χ0) is 17.9. The zero-order valence-corrected chi connectivity index (χ0v) is 15.3. The number of hydrogen-bond acceptors (Lipinski definition) is 4. The molecule has 1 fully saturated rings. The van der Waals surface area contributed by atoms with E-state index in [4.69, 9.17) is 14.2 Å². The first-order chi connectivity index (χ1) is 12.2. The van der Waals surface area contributed by atoms with Crippen LogP contribution in [-0.2, 0) is 9.53 Å². The maximum Gasteiger partial charge on any atom is 0.244 e. The highest BCUT2D eigenvalue weighted by Gasteiger charge is 2.15. The molecule has 1 aliphatic heterocycles. The third-order valence-corrected chi connectivity index (χ3v) is 4.15. The third-order valence-electron chi connectivity index (χ3n) is 4.15. The van der Waals surface area contributed by atoms with Gasteiger partial charge in [-0.15, -0.1) is 0 Å². The first-order valence-corrected chi connectivity index (χ1v) is 9.11. The molecule has 5 nitrogen and oxygen atoms in total. The molecule has 0 radical (unpaired) electrons. The van der Waals surface area contributed by atoms with Crippen molar-refractivity contribution in [3.8, 4) is 11.5 Å². The molecule has 1 aliphatic rings.